The second-order valence-corrected chi connectivity index (χ2v) is 8.93. The minimum absolute atomic E-state index is 0.0662. The molecule has 0 saturated carbocycles. The normalized spacial score (nSPS) is 12.3. The van der Waals surface area contributed by atoms with E-state index in [4.69, 9.17) is 4.18 Å². The van der Waals surface area contributed by atoms with Crippen LogP contribution in [0.1, 0.15) is 31.9 Å². The van der Waals surface area contributed by atoms with Gasteiger partial charge < -0.3 is 14.2 Å². The maximum Gasteiger partial charge on any atom is 0.339 e. The van der Waals surface area contributed by atoms with Gasteiger partial charge in [-0.1, -0.05) is 32.9 Å². The van der Waals surface area contributed by atoms with Gasteiger partial charge in [0.15, 0.2) is 0 Å². The highest BCUT2D eigenvalue weighted by molar-refractivity contribution is 7.87. The summed E-state index contributed by atoms with van der Waals surface area (Å²) in [5.74, 6) is 0.234. The summed E-state index contributed by atoms with van der Waals surface area (Å²) in [5, 5.41) is 0. The second-order valence-electron chi connectivity index (χ2n) is 7.38. The first-order valence-corrected chi connectivity index (χ1v) is 9.70. The van der Waals surface area contributed by atoms with E-state index in [2.05, 4.69) is 30.7 Å². The number of fused-ring (bicyclic) bond motifs is 1. The van der Waals surface area contributed by atoms with Crippen molar-refractivity contribution in [1.82, 2.24) is 9.97 Å². The summed E-state index contributed by atoms with van der Waals surface area (Å²) >= 11 is 0. The maximum absolute atomic E-state index is 12.6. The molecule has 0 amide bonds. The van der Waals surface area contributed by atoms with Crippen LogP contribution < -0.4 is 15.3 Å². The fourth-order valence-electron chi connectivity index (χ4n) is 2.63. The maximum atomic E-state index is 12.6. The summed E-state index contributed by atoms with van der Waals surface area (Å²) in [5.41, 5.74) is 0.564. The molecule has 0 bridgehead atoms. The van der Waals surface area contributed by atoms with Crippen LogP contribution in [0.4, 0.5) is 0 Å². The molecule has 1 aromatic heterocycles. The zero-order valence-electron chi connectivity index (χ0n) is 15.4. The van der Waals surface area contributed by atoms with Crippen LogP contribution in [0.25, 0.3) is 11.0 Å². The molecule has 0 unspecified atom stereocenters. The Kier molecular flexibility index (Phi) is 4.47. The number of hydrogen-bond acceptors (Lipinski definition) is 5. The molecule has 2 aromatic carbocycles. The number of hydrogen-bond donors (Lipinski definition) is 2. The third kappa shape index (κ3) is 3.80. The van der Waals surface area contributed by atoms with Crippen molar-refractivity contribution in [3.63, 3.8) is 0 Å². The number of nitrogens with one attached hydrogen (secondary N) is 2. The first-order valence-electron chi connectivity index (χ1n) is 8.29. The van der Waals surface area contributed by atoms with Gasteiger partial charge in [0.1, 0.15) is 10.6 Å². The fourth-order valence-corrected chi connectivity index (χ4v) is 3.64. The number of aryl methyl sites for hydroxylation is 1. The number of aromatic nitrogens is 2. The summed E-state index contributed by atoms with van der Waals surface area (Å²) in [6.45, 7) is 7.99. The van der Waals surface area contributed by atoms with Crippen molar-refractivity contribution < 1.29 is 12.6 Å². The molecular weight excluding hydrogens is 368 g/mol. The Hall–Kier alpha value is -2.87. The van der Waals surface area contributed by atoms with E-state index < -0.39 is 21.2 Å². The summed E-state index contributed by atoms with van der Waals surface area (Å²) in [6, 6.07) is 9.33. The number of rotatable bonds is 3. The minimum atomic E-state index is -4.11. The number of aromatic amines is 2. The standard InChI is InChI=1S/C19H20N2O5S/c1-11-9-12(19(2,3)4)5-8-16(11)26-27(24,25)13-6-7-14-15(10-13)21-18(23)17(22)20-14/h5-10H,1-4H3,(H,20,22)(H,21,23). The third-order valence-corrected chi connectivity index (χ3v) is 5.45. The molecule has 0 fully saturated rings. The highest BCUT2D eigenvalue weighted by Gasteiger charge is 2.20. The van der Waals surface area contributed by atoms with Gasteiger partial charge in [0, 0.05) is 0 Å². The minimum Gasteiger partial charge on any atom is -0.379 e. The van der Waals surface area contributed by atoms with Crippen molar-refractivity contribution in [2.75, 3.05) is 0 Å². The van der Waals surface area contributed by atoms with Gasteiger partial charge in [0.25, 0.3) is 0 Å². The summed E-state index contributed by atoms with van der Waals surface area (Å²) < 4.78 is 30.6. The Morgan fingerprint density at radius 2 is 1.52 bits per heavy atom. The van der Waals surface area contributed by atoms with Gasteiger partial charge in [-0.25, -0.2) is 0 Å². The van der Waals surface area contributed by atoms with Crippen LogP contribution in [0.3, 0.4) is 0 Å². The summed E-state index contributed by atoms with van der Waals surface area (Å²) in [7, 11) is -4.11. The van der Waals surface area contributed by atoms with Gasteiger partial charge in [-0.3, -0.25) is 9.59 Å². The van der Waals surface area contributed by atoms with Gasteiger partial charge in [0.2, 0.25) is 0 Å². The van der Waals surface area contributed by atoms with E-state index in [1.165, 1.54) is 18.2 Å². The molecule has 142 valence electrons. The average Bonchev–Trinajstić information content (AvgIpc) is 2.56. The van der Waals surface area contributed by atoms with Crippen LogP contribution in [0, 0.1) is 6.92 Å². The Balaban J connectivity index is 2.00. The van der Waals surface area contributed by atoms with Crippen LogP contribution in [0.5, 0.6) is 5.75 Å². The van der Waals surface area contributed by atoms with Crippen molar-refractivity contribution in [1.29, 1.82) is 0 Å². The lowest BCUT2D eigenvalue weighted by molar-refractivity contribution is 0.483. The van der Waals surface area contributed by atoms with Gasteiger partial charge in [-0.05, 0) is 47.7 Å². The molecule has 0 radical (unpaired) electrons. The number of H-pyrrole nitrogens is 2. The van der Waals surface area contributed by atoms with Crippen molar-refractivity contribution in [2.45, 2.75) is 38.0 Å². The molecule has 1 heterocycles. The van der Waals surface area contributed by atoms with Gasteiger partial charge in [-0.2, -0.15) is 8.42 Å². The van der Waals surface area contributed by atoms with E-state index in [-0.39, 0.29) is 21.6 Å². The predicted octanol–water partition coefficient (Wildman–Crippen LogP) is 2.59. The number of benzene rings is 2. The predicted molar refractivity (Wildman–Crippen MR) is 103 cm³/mol. The Labute approximate surface area is 156 Å². The van der Waals surface area contributed by atoms with Gasteiger partial charge in [-0.15, -0.1) is 0 Å². The Bertz CT molecular complexity index is 1250. The SMILES string of the molecule is Cc1cc(C(C)(C)C)ccc1OS(=O)(=O)c1ccc2[nH]c(=O)c(=O)[nH]c2c1. The lowest BCUT2D eigenvalue weighted by atomic mass is 9.86. The lowest BCUT2D eigenvalue weighted by Crippen LogP contribution is -2.29. The van der Waals surface area contributed by atoms with E-state index in [1.54, 1.807) is 13.0 Å². The first kappa shape index (κ1) is 18.9. The van der Waals surface area contributed by atoms with E-state index in [0.29, 0.717) is 11.1 Å². The monoisotopic (exact) mass is 388 g/mol. The van der Waals surface area contributed by atoms with Gasteiger partial charge >= 0.3 is 21.2 Å². The molecule has 0 aliphatic rings. The molecule has 0 aliphatic carbocycles. The van der Waals surface area contributed by atoms with Gasteiger partial charge in [0.05, 0.1) is 11.0 Å². The highest BCUT2D eigenvalue weighted by atomic mass is 32.2. The molecule has 3 rings (SSSR count). The molecule has 0 aliphatic heterocycles. The second kappa shape index (κ2) is 6.38. The van der Waals surface area contributed by atoms with Crippen LogP contribution in [0.15, 0.2) is 50.9 Å². The van der Waals surface area contributed by atoms with Crippen LogP contribution in [-0.4, -0.2) is 18.4 Å². The van der Waals surface area contributed by atoms with Crippen molar-refractivity contribution in [3.8, 4) is 5.75 Å². The van der Waals surface area contributed by atoms with E-state index in [0.717, 1.165) is 5.56 Å². The zero-order chi connectivity index (χ0) is 20.0. The Morgan fingerprint density at radius 1 is 0.889 bits per heavy atom. The van der Waals surface area contributed by atoms with Crippen molar-refractivity contribution in [3.05, 3.63) is 68.2 Å². The largest absolute Gasteiger partial charge is 0.379 e. The van der Waals surface area contributed by atoms with Crippen molar-refractivity contribution >= 4 is 21.2 Å². The molecule has 0 atom stereocenters. The van der Waals surface area contributed by atoms with E-state index >= 15 is 0 Å². The average molecular weight is 388 g/mol. The smallest absolute Gasteiger partial charge is 0.339 e. The molecular formula is C19H20N2O5S. The van der Waals surface area contributed by atoms with Crippen molar-refractivity contribution in [2.24, 2.45) is 0 Å². The summed E-state index contributed by atoms with van der Waals surface area (Å²) in [6.07, 6.45) is 0. The molecule has 2 N–H and O–H groups in total. The molecule has 27 heavy (non-hydrogen) atoms. The molecule has 0 saturated heterocycles. The highest BCUT2D eigenvalue weighted by Crippen LogP contribution is 2.29. The molecule has 8 heteroatoms. The van der Waals surface area contributed by atoms with E-state index in [1.807, 2.05) is 12.1 Å². The quantitative estimate of drug-likeness (QED) is 0.529. The topological polar surface area (TPSA) is 109 Å². The fraction of sp³-hybridized carbons (Fsp3) is 0.263. The first-order chi connectivity index (χ1) is 12.5. The summed E-state index contributed by atoms with van der Waals surface area (Å²) in [4.78, 5) is 27.4. The van der Waals surface area contributed by atoms with Crippen LogP contribution in [-0.2, 0) is 15.5 Å². The lowest BCUT2D eigenvalue weighted by Gasteiger charge is -2.20. The van der Waals surface area contributed by atoms with E-state index in [9.17, 15) is 18.0 Å². The molecule has 3 aromatic rings. The molecule has 7 nitrogen and oxygen atoms in total. The zero-order valence-corrected chi connectivity index (χ0v) is 16.2. The third-order valence-electron chi connectivity index (χ3n) is 4.22. The molecule has 0 spiro atoms. The Morgan fingerprint density at radius 3 is 2.11 bits per heavy atom. The van der Waals surface area contributed by atoms with Crippen LogP contribution in [0.2, 0.25) is 0 Å². The van der Waals surface area contributed by atoms with Crippen LogP contribution >= 0.6 is 0 Å².